The summed E-state index contributed by atoms with van der Waals surface area (Å²) in [4.78, 5) is 2.48. The molecule has 2 heterocycles. The van der Waals surface area contributed by atoms with Gasteiger partial charge in [0, 0.05) is 33.1 Å². The molecule has 12 aromatic rings. The third-order valence-corrected chi connectivity index (χ3v) is 16.4. The highest BCUT2D eigenvalue weighted by atomic mass is 15.1. The first-order valence-corrected chi connectivity index (χ1v) is 25.3. The van der Waals surface area contributed by atoms with Crippen LogP contribution >= 0.6 is 0 Å². The molecule has 0 amide bonds. The van der Waals surface area contributed by atoms with Crippen LogP contribution in [-0.2, 0) is 10.8 Å². The number of fused-ring (bicyclic) bond motifs is 15. The summed E-state index contributed by atoms with van der Waals surface area (Å²) in [6, 6.07) is 95.3. The Balaban J connectivity index is 0.917. The van der Waals surface area contributed by atoms with Crippen LogP contribution < -0.4 is 4.90 Å². The fourth-order valence-electron chi connectivity index (χ4n) is 13.3. The zero-order chi connectivity index (χ0) is 47.7. The lowest BCUT2D eigenvalue weighted by molar-refractivity contribution is 0.660. The number of anilines is 3. The molecule has 1 aromatic heterocycles. The molecule has 2 aliphatic carbocycles. The van der Waals surface area contributed by atoms with Crippen LogP contribution in [0, 0.1) is 0 Å². The SMILES string of the molecule is CC1(C)c2ccccc2-c2ccc(N(c3ccc(-c4cccc5c4-c4ccccc4C54c5ccccc5-n5c6ccccc6c6cccc4c65)cc3)c3ccccc3-c3cccc(-c4ccccc4)c3)cc21. The third kappa shape index (κ3) is 5.55. The summed E-state index contributed by atoms with van der Waals surface area (Å²) in [6.07, 6.45) is 0. The topological polar surface area (TPSA) is 8.17 Å². The van der Waals surface area contributed by atoms with E-state index in [1.807, 2.05) is 0 Å². The number of rotatable bonds is 6. The van der Waals surface area contributed by atoms with Gasteiger partial charge in [-0.25, -0.2) is 0 Å². The average Bonchev–Trinajstić information content (AvgIpc) is 4.02. The Kier molecular flexibility index (Phi) is 8.66. The van der Waals surface area contributed by atoms with Gasteiger partial charge < -0.3 is 9.47 Å². The molecule has 72 heavy (non-hydrogen) atoms. The zero-order valence-corrected chi connectivity index (χ0v) is 40.1. The van der Waals surface area contributed by atoms with Crippen LogP contribution in [0.5, 0.6) is 0 Å². The highest BCUT2D eigenvalue weighted by Gasteiger charge is 2.51. The normalized spacial score (nSPS) is 15.2. The van der Waals surface area contributed by atoms with Crippen LogP contribution in [0.15, 0.2) is 255 Å². The summed E-state index contributed by atoms with van der Waals surface area (Å²) < 4.78 is 2.52. The molecule has 1 atom stereocenters. The molecule has 1 unspecified atom stereocenters. The number of hydrogen-bond acceptors (Lipinski definition) is 1. The number of hydrogen-bond donors (Lipinski definition) is 0. The van der Waals surface area contributed by atoms with Crippen molar-refractivity contribution in [3.63, 3.8) is 0 Å². The van der Waals surface area contributed by atoms with Crippen LogP contribution in [0.2, 0.25) is 0 Å². The standard InChI is InChI=1S/C70H48N2/c1-69(2)58-29-10-6-24-53(58)54-42-41-50(44-63(54)69)71(64-34-13-8-23-51(64)48-22-16-21-47(43-48)45-19-4-3-5-20-45)49-39-37-46(38-40-49)52-27-17-32-61-67(52)57-26-7-11-30-59(57)70(61)60-31-12-15-36-66(60)72-65-35-14-9-25-55(65)56-28-18-33-62(70)68(56)72/h3-44H,1-2H3. The summed E-state index contributed by atoms with van der Waals surface area (Å²) in [5.41, 5.74) is 26.9. The minimum atomic E-state index is -0.512. The van der Waals surface area contributed by atoms with Gasteiger partial charge in [-0.15, -0.1) is 0 Å². The van der Waals surface area contributed by atoms with E-state index >= 15 is 0 Å². The van der Waals surface area contributed by atoms with Gasteiger partial charge in [0.2, 0.25) is 0 Å². The van der Waals surface area contributed by atoms with E-state index in [2.05, 4.69) is 278 Å². The Bertz CT molecular complexity index is 4190. The van der Waals surface area contributed by atoms with Crippen molar-refractivity contribution in [1.82, 2.24) is 4.57 Å². The predicted molar refractivity (Wildman–Crippen MR) is 300 cm³/mol. The van der Waals surface area contributed by atoms with Gasteiger partial charge in [-0.2, -0.15) is 0 Å². The van der Waals surface area contributed by atoms with Gasteiger partial charge in [0.1, 0.15) is 0 Å². The molecule has 0 saturated carbocycles. The van der Waals surface area contributed by atoms with E-state index in [0.29, 0.717) is 0 Å². The Morgan fingerprint density at radius 2 is 0.917 bits per heavy atom. The van der Waals surface area contributed by atoms with Gasteiger partial charge in [0.25, 0.3) is 0 Å². The summed E-state index contributed by atoms with van der Waals surface area (Å²) in [6.45, 7) is 4.74. The van der Waals surface area contributed by atoms with Gasteiger partial charge in [-0.05, 0) is 132 Å². The molecule has 3 aliphatic rings. The minimum absolute atomic E-state index is 0.150. The van der Waals surface area contributed by atoms with Crippen LogP contribution in [-0.4, -0.2) is 4.57 Å². The minimum Gasteiger partial charge on any atom is -0.310 e. The van der Waals surface area contributed by atoms with Crippen LogP contribution in [0.3, 0.4) is 0 Å². The third-order valence-electron chi connectivity index (χ3n) is 16.4. The first-order valence-electron chi connectivity index (χ1n) is 25.3. The Labute approximate surface area is 420 Å². The summed E-state index contributed by atoms with van der Waals surface area (Å²) >= 11 is 0. The van der Waals surface area contributed by atoms with Gasteiger partial charge in [0.15, 0.2) is 0 Å². The Morgan fingerprint density at radius 1 is 0.333 bits per heavy atom. The van der Waals surface area contributed by atoms with Crippen molar-refractivity contribution in [2.75, 3.05) is 4.90 Å². The largest absolute Gasteiger partial charge is 0.310 e. The number of nitrogens with zero attached hydrogens (tertiary/aromatic N) is 2. The first-order chi connectivity index (χ1) is 35.5. The Morgan fingerprint density at radius 3 is 1.78 bits per heavy atom. The molecule has 15 rings (SSSR count). The van der Waals surface area contributed by atoms with Crippen molar-refractivity contribution in [3.05, 3.63) is 288 Å². The second kappa shape index (κ2) is 15.3. The number of aromatic nitrogens is 1. The van der Waals surface area contributed by atoms with Crippen molar-refractivity contribution in [1.29, 1.82) is 0 Å². The molecule has 0 radical (unpaired) electrons. The van der Waals surface area contributed by atoms with Gasteiger partial charge >= 0.3 is 0 Å². The molecule has 1 spiro atoms. The fraction of sp³-hybridized carbons (Fsp3) is 0.0571. The van der Waals surface area contributed by atoms with Crippen molar-refractivity contribution in [3.8, 4) is 61.3 Å². The molecule has 11 aromatic carbocycles. The molecular weight excluding hydrogens is 869 g/mol. The second-order valence-electron chi connectivity index (χ2n) is 20.3. The highest BCUT2D eigenvalue weighted by Crippen LogP contribution is 2.62. The van der Waals surface area contributed by atoms with E-state index in [1.54, 1.807) is 0 Å². The molecule has 2 heteroatoms. The molecular formula is C70H48N2. The summed E-state index contributed by atoms with van der Waals surface area (Å²) in [5.74, 6) is 0. The van der Waals surface area contributed by atoms with Gasteiger partial charge in [0.05, 0.1) is 27.8 Å². The molecule has 338 valence electrons. The van der Waals surface area contributed by atoms with Gasteiger partial charge in [-0.3, -0.25) is 0 Å². The maximum absolute atomic E-state index is 2.52. The lowest BCUT2D eigenvalue weighted by Crippen LogP contribution is -2.33. The molecule has 2 nitrogen and oxygen atoms in total. The number of para-hydroxylation sites is 4. The smallest absolute Gasteiger partial charge is 0.0754 e. The van der Waals surface area contributed by atoms with Crippen molar-refractivity contribution in [2.24, 2.45) is 0 Å². The Hall–Kier alpha value is -8.98. The number of benzene rings is 11. The van der Waals surface area contributed by atoms with E-state index in [1.165, 1.54) is 117 Å². The van der Waals surface area contributed by atoms with Gasteiger partial charge in [-0.1, -0.05) is 220 Å². The quantitative estimate of drug-likeness (QED) is 0.161. The van der Waals surface area contributed by atoms with E-state index in [-0.39, 0.29) is 5.41 Å². The van der Waals surface area contributed by atoms with Crippen LogP contribution in [0.1, 0.15) is 47.2 Å². The lowest BCUT2D eigenvalue weighted by Gasteiger charge is -2.39. The monoisotopic (exact) mass is 916 g/mol. The average molecular weight is 917 g/mol. The molecule has 0 saturated heterocycles. The fourth-order valence-corrected chi connectivity index (χ4v) is 13.3. The maximum Gasteiger partial charge on any atom is 0.0754 e. The summed E-state index contributed by atoms with van der Waals surface area (Å²) in [7, 11) is 0. The summed E-state index contributed by atoms with van der Waals surface area (Å²) in [5, 5.41) is 2.58. The van der Waals surface area contributed by atoms with E-state index in [9.17, 15) is 0 Å². The predicted octanol–water partition coefficient (Wildman–Crippen LogP) is 18.2. The zero-order valence-electron chi connectivity index (χ0n) is 40.1. The van der Waals surface area contributed by atoms with E-state index in [4.69, 9.17) is 0 Å². The second-order valence-corrected chi connectivity index (χ2v) is 20.3. The van der Waals surface area contributed by atoms with Crippen LogP contribution in [0.4, 0.5) is 17.1 Å². The van der Waals surface area contributed by atoms with Crippen molar-refractivity contribution >= 4 is 38.9 Å². The molecule has 1 aliphatic heterocycles. The molecule has 0 fully saturated rings. The lowest BCUT2D eigenvalue weighted by atomic mass is 9.65. The molecule has 0 N–H and O–H groups in total. The first kappa shape index (κ1) is 40.9. The van der Waals surface area contributed by atoms with E-state index < -0.39 is 5.41 Å². The van der Waals surface area contributed by atoms with Crippen molar-refractivity contribution < 1.29 is 0 Å². The van der Waals surface area contributed by atoms with Crippen molar-refractivity contribution in [2.45, 2.75) is 24.7 Å². The van der Waals surface area contributed by atoms with E-state index in [0.717, 1.165) is 17.1 Å². The molecule has 0 bridgehead atoms. The highest BCUT2D eigenvalue weighted by molar-refractivity contribution is 6.13. The van der Waals surface area contributed by atoms with Crippen LogP contribution in [0.25, 0.3) is 83.1 Å². The maximum atomic E-state index is 2.52.